The van der Waals surface area contributed by atoms with E-state index >= 15 is 0 Å². The molecule has 2 aromatic heterocycles. The van der Waals surface area contributed by atoms with Gasteiger partial charge in [0.2, 0.25) is 5.91 Å². The summed E-state index contributed by atoms with van der Waals surface area (Å²) in [6.07, 6.45) is 3.56. The molecule has 0 spiro atoms. The van der Waals surface area contributed by atoms with Gasteiger partial charge in [0.1, 0.15) is 6.04 Å². The Kier molecular flexibility index (Phi) is 3.27. The SMILES string of the molecule is CC(=O)NC(Cc1c[nH]c2cccnc12)C(=O)O. The Morgan fingerprint density at radius 2 is 2.33 bits per heavy atom. The fourth-order valence-corrected chi connectivity index (χ4v) is 1.83. The van der Waals surface area contributed by atoms with Crippen molar-refractivity contribution in [1.29, 1.82) is 0 Å². The molecule has 0 saturated carbocycles. The van der Waals surface area contributed by atoms with Crippen LogP contribution in [0, 0.1) is 0 Å². The number of carbonyl (C=O) groups excluding carboxylic acids is 1. The van der Waals surface area contributed by atoms with Crippen LogP contribution in [0.25, 0.3) is 11.0 Å². The second-order valence-electron chi connectivity index (χ2n) is 4.01. The van der Waals surface area contributed by atoms with Crippen LogP contribution in [0.5, 0.6) is 0 Å². The molecule has 2 rings (SSSR count). The largest absolute Gasteiger partial charge is 0.480 e. The van der Waals surface area contributed by atoms with Crippen LogP contribution < -0.4 is 5.32 Å². The third-order valence-electron chi connectivity index (χ3n) is 2.61. The summed E-state index contributed by atoms with van der Waals surface area (Å²) in [5.74, 6) is -1.43. The predicted octanol–water partition coefficient (Wildman–Crippen LogP) is 0.695. The zero-order valence-electron chi connectivity index (χ0n) is 9.80. The van der Waals surface area contributed by atoms with Crippen LogP contribution in [-0.2, 0) is 16.0 Å². The Balaban J connectivity index is 2.26. The molecule has 0 bridgehead atoms. The van der Waals surface area contributed by atoms with Gasteiger partial charge in [-0.3, -0.25) is 9.78 Å². The first-order valence-electron chi connectivity index (χ1n) is 5.49. The number of nitrogens with zero attached hydrogens (tertiary/aromatic N) is 1. The summed E-state index contributed by atoms with van der Waals surface area (Å²) >= 11 is 0. The van der Waals surface area contributed by atoms with Crippen LogP contribution in [0.15, 0.2) is 24.5 Å². The third-order valence-corrected chi connectivity index (χ3v) is 2.61. The molecule has 2 heterocycles. The first kappa shape index (κ1) is 12.1. The number of rotatable bonds is 4. The summed E-state index contributed by atoms with van der Waals surface area (Å²) in [7, 11) is 0. The number of pyridine rings is 1. The zero-order chi connectivity index (χ0) is 13.1. The summed E-state index contributed by atoms with van der Waals surface area (Å²) in [6.45, 7) is 1.30. The second kappa shape index (κ2) is 4.87. The Morgan fingerprint density at radius 3 is 3.00 bits per heavy atom. The molecule has 0 aliphatic carbocycles. The van der Waals surface area contributed by atoms with E-state index < -0.39 is 12.0 Å². The van der Waals surface area contributed by atoms with E-state index in [1.54, 1.807) is 18.5 Å². The number of fused-ring (bicyclic) bond motifs is 1. The smallest absolute Gasteiger partial charge is 0.326 e. The second-order valence-corrected chi connectivity index (χ2v) is 4.01. The summed E-state index contributed by atoms with van der Waals surface area (Å²) in [6, 6.07) is 2.72. The molecule has 1 unspecified atom stereocenters. The number of aromatic amines is 1. The lowest BCUT2D eigenvalue weighted by molar-refractivity contribution is -0.141. The minimum Gasteiger partial charge on any atom is -0.480 e. The van der Waals surface area contributed by atoms with Crippen LogP contribution in [0.3, 0.4) is 0 Å². The van der Waals surface area contributed by atoms with E-state index in [-0.39, 0.29) is 12.3 Å². The number of H-pyrrole nitrogens is 1. The molecule has 2 aromatic rings. The minimum absolute atomic E-state index is 0.200. The van der Waals surface area contributed by atoms with Gasteiger partial charge in [0, 0.05) is 25.7 Å². The molecule has 0 fully saturated rings. The molecular weight excluding hydrogens is 234 g/mol. The molecular formula is C12H13N3O3. The lowest BCUT2D eigenvalue weighted by Crippen LogP contribution is -2.41. The highest BCUT2D eigenvalue weighted by Crippen LogP contribution is 2.16. The molecule has 1 atom stereocenters. The number of carboxylic acid groups (broad SMARTS) is 1. The number of carbonyl (C=O) groups is 2. The summed E-state index contributed by atoms with van der Waals surface area (Å²) in [5.41, 5.74) is 2.35. The van der Waals surface area contributed by atoms with Gasteiger partial charge in [0.25, 0.3) is 0 Å². The van der Waals surface area contributed by atoms with Gasteiger partial charge in [-0.2, -0.15) is 0 Å². The molecule has 0 aliphatic heterocycles. The highest BCUT2D eigenvalue weighted by Gasteiger charge is 2.20. The standard InChI is InChI=1S/C12H13N3O3/c1-7(16)15-10(12(17)18)5-8-6-14-9-3-2-4-13-11(8)9/h2-4,6,10,14H,5H2,1H3,(H,15,16)(H,17,18). The van der Waals surface area contributed by atoms with E-state index in [0.717, 1.165) is 16.6 Å². The van der Waals surface area contributed by atoms with Crippen molar-refractivity contribution in [2.24, 2.45) is 0 Å². The number of aliphatic carboxylic acids is 1. The Morgan fingerprint density at radius 1 is 1.56 bits per heavy atom. The van der Waals surface area contributed by atoms with Crippen molar-refractivity contribution in [3.8, 4) is 0 Å². The van der Waals surface area contributed by atoms with E-state index in [1.165, 1.54) is 6.92 Å². The van der Waals surface area contributed by atoms with Gasteiger partial charge in [-0.25, -0.2) is 4.79 Å². The van der Waals surface area contributed by atoms with Gasteiger partial charge in [0.15, 0.2) is 0 Å². The molecule has 0 radical (unpaired) electrons. The van der Waals surface area contributed by atoms with Gasteiger partial charge < -0.3 is 15.4 Å². The zero-order valence-corrected chi connectivity index (χ0v) is 9.80. The van der Waals surface area contributed by atoms with Gasteiger partial charge in [-0.05, 0) is 17.7 Å². The van der Waals surface area contributed by atoms with Crippen LogP contribution in [0.2, 0.25) is 0 Å². The van der Waals surface area contributed by atoms with Crippen LogP contribution in [0.4, 0.5) is 0 Å². The number of carboxylic acids is 1. The van der Waals surface area contributed by atoms with Crippen molar-refractivity contribution >= 4 is 22.9 Å². The molecule has 6 heteroatoms. The van der Waals surface area contributed by atoms with E-state index in [4.69, 9.17) is 5.11 Å². The Hall–Kier alpha value is -2.37. The summed E-state index contributed by atoms with van der Waals surface area (Å²) < 4.78 is 0. The van der Waals surface area contributed by atoms with Crippen molar-refractivity contribution in [1.82, 2.24) is 15.3 Å². The molecule has 94 valence electrons. The Bertz CT molecular complexity index is 591. The maximum absolute atomic E-state index is 11.1. The molecule has 3 N–H and O–H groups in total. The monoisotopic (exact) mass is 247 g/mol. The fourth-order valence-electron chi connectivity index (χ4n) is 1.83. The molecule has 0 aromatic carbocycles. The van der Waals surface area contributed by atoms with E-state index in [2.05, 4.69) is 15.3 Å². The van der Waals surface area contributed by atoms with E-state index in [9.17, 15) is 9.59 Å². The number of hydrogen-bond donors (Lipinski definition) is 3. The Labute approximate surface area is 103 Å². The maximum Gasteiger partial charge on any atom is 0.326 e. The van der Waals surface area contributed by atoms with Gasteiger partial charge >= 0.3 is 5.97 Å². The average molecular weight is 247 g/mol. The normalized spacial score (nSPS) is 12.3. The number of aromatic nitrogens is 2. The van der Waals surface area contributed by atoms with E-state index in [0.29, 0.717) is 0 Å². The number of amides is 1. The molecule has 18 heavy (non-hydrogen) atoms. The molecule has 0 aliphatic rings. The molecule has 1 amide bonds. The van der Waals surface area contributed by atoms with Crippen molar-refractivity contribution in [2.45, 2.75) is 19.4 Å². The molecule has 0 saturated heterocycles. The van der Waals surface area contributed by atoms with Crippen LogP contribution in [0.1, 0.15) is 12.5 Å². The summed E-state index contributed by atoms with van der Waals surface area (Å²) in [5, 5.41) is 11.4. The van der Waals surface area contributed by atoms with Crippen molar-refractivity contribution in [2.75, 3.05) is 0 Å². The fraction of sp³-hybridized carbons (Fsp3) is 0.250. The number of hydrogen-bond acceptors (Lipinski definition) is 3. The number of nitrogens with one attached hydrogen (secondary N) is 2. The van der Waals surface area contributed by atoms with E-state index in [1.807, 2.05) is 6.07 Å². The third kappa shape index (κ3) is 2.48. The first-order valence-corrected chi connectivity index (χ1v) is 5.49. The van der Waals surface area contributed by atoms with Gasteiger partial charge in [0.05, 0.1) is 11.0 Å². The molecule has 6 nitrogen and oxygen atoms in total. The maximum atomic E-state index is 11.1. The topological polar surface area (TPSA) is 95.1 Å². The quantitative estimate of drug-likeness (QED) is 0.741. The van der Waals surface area contributed by atoms with Crippen molar-refractivity contribution in [3.63, 3.8) is 0 Å². The van der Waals surface area contributed by atoms with Crippen LogP contribution >= 0.6 is 0 Å². The lowest BCUT2D eigenvalue weighted by atomic mass is 10.1. The van der Waals surface area contributed by atoms with Crippen molar-refractivity contribution < 1.29 is 14.7 Å². The minimum atomic E-state index is -1.06. The van der Waals surface area contributed by atoms with Crippen LogP contribution in [-0.4, -0.2) is 33.0 Å². The highest BCUT2D eigenvalue weighted by atomic mass is 16.4. The predicted molar refractivity (Wildman–Crippen MR) is 65.0 cm³/mol. The summed E-state index contributed by atoms with van der Waals surface area (Å²) in [4.78, 5) is 29.2. The lowest BCUT2D eigenvalue weighted by Gasteiger charge is -2.12. The van der Waals surface area contributed by atoms with Gasteiger partial charge in [-0.1, -0.05) is 0 Å². The first-order chi connectivity index (χ1) is 8.58. The van der Waals surface area contributed by atoms with Crippen molar-refractivity contribution in [3.05, 3.63) is 30.1 Å². The average Bonchev–Trinajstić information content (AvgIpc) is 2.71. The van der Waals surface area contributed by atoms with Gasteiger partial charge in [-0.15, -0.1) is 0 Å². The highest BCUT2D eigenvalue weighted by molar-refractivity contribution is 5.84.